The quantitative estimate of drug-likeness (QED) is 0.0345. The van der Waals surface area contributed by atoms with Gasteiger partial charge < -0.3 is 38.9 Å². The number of rotatable bonds is 17. The number of piperidine rings is 1. The van der Waals surface area contributed by atoms with E-state index in [1.807, 2.05) is 19.1 Å². The molecule has 83 heavy (non-hydrogen) atoms. The number of unbranched alkanes of at least 4 members (excludes halogenated alkanes) is 4. The fourth-order valence-electron chi connectivity index (χ4n) is 11.0. The number of nitrogens with zero attached hydrogens (tertiary/aromatic N) is 5. The molecule has 19 nitrogen and oxygen atoms in total. The van der Waals surface area contributed by atoms with Gasteiger partial charge in [0.1, 0.15) is 18.1 Å². The normalized spacial score (nSPS) is 20.0. The summed E-state index contributed by atoms with van der Waals surface area (Å²) in [4.78, 5) is 124. The number of carbonyl (C=O) groups is 8. The maximum Gasteiger partial charge on any atom is 0.401 e. The van der Waals surface area contributed by atoms with Gasteiger partial charge in [0.15, 0.2) is 16.4 Å². The van der Waals surface area contributed by atoms with Crippen LogP contribution < -0.4 is 10.6 Å². The SMILES string of the molecule is Cc1ccc2onc(C(=O)N3CC[C@H]4CC[C@@H](C(=O)N(C)CCCCCCC#Cc5cccc6c5CN(C5CCC(=O)NC5=O)C6=O)N4C(=O)[C@@H](NC(=O)c4ccc5ccc(C(F)(F)P(=O)(O)OCCSC(=O)C(C)(C)C)cc5c4)C3)c2c1. The second-order valence-corrected chi connectivity index (χ2v) is 25.5. The second kappa shape index (κ2) is 24.9. The number of benzene rings is 4. The number of hydrogen-bond acceptors (Lipinski definition) is 13. The van der Waals surface area contributed by atoms with E-state index < -0.39 is 78.6 Å². The highest BCUT2D eigenvalue weighted by molar-refractivity contribution is 8.13. The largest absolute Gasteiger partial charge is 0.401 e. The van der Waals surface area contributed by atoms with Gasteiger partial charge in [0.25, 0.3) is 17.7 Å². The first kappa shape index (κ1) is 60.3. The van der Waals surface area contributed by atoms with Crippen LogP contribution in [-0.2, 0) is 45.3 Å². The summed E-state index contributed by atoms with van der Waals surface area (Å²) >= 11 is 0.804. The van der Waals surface area contributed by atoms with Crippen LogP contribution in [0.4, 0.5) is 8.78 Å². The van der Waals surface area contributed by atoms with Crippen LogP contribution in [0.3, 0.4) is 0 Å². The molecule has 0 bridgehead atoms. The molecule has 0 spiro atoms. The topological polar surface area (TPSA) is 246 Å². The Morgan fingerprint density at radius 1 is 0.952 bits per heavy atom. The predicted octanol–water partition coefficient (Wildman–Crippen LogP) is 8.07. The molecule has 3 saturated heterocycles. The van der Waals surface area contributed by atoms with Crippen LogP contribution in [0.25, 0.3) is 21.7 Å². The Morgan fingerprint density at radius 3 is 2.49 bits per heavy atom. The van der Waals surface area contributed by atoms with Crippen LogP contribution in [0.1, 0.15) is 138 Å². The van der Waals surface area contributed by atoms with Crippen molar-refractivity contribution in [3.05, 3.63) is 112 Å². The number of fused-ring (bicyclic) bond motifs is 4. The molecule has 0 radical (unpaired) electrons. The fraction of sp³-hybridized carbons (Fsp3) is 0.450. The number of alkyl halides is 2. The smallest absolute Gasteiger partial charge is 0.355 e. The molecule has 0 aliphatic carbocycles. The maximum absolute atomic E-state index is 15.8. The number of hydrogen-bond donors (Lipinski definition) is 3. The second-order valence-electron chi connectivity index (χ2n) is 22.6. The molecule has 5 heterocycles. The lowest BCUT2D eigenvalue weighted by molar-refractivity contribution is -0.146. The van der Waals surface area contributed by atoms with Gasteiger partial charge >= 0.3 is 13.3 Å². The minimum atomic E-state index is -5.65. The number of halogens is 2. The summed E-state index contributed by atoms with van der Waals surface area (Å²) in [6, 6.07) is 14.7. The lowest BCUT2D eigenvalue weighted by atomic mass is 10.00. The molecule has 3 fully saturated rings. The molecule has 4 aliphatic heterocycles. The molecule has 9 rings (SSSR count). The van der Waals surface area contributed by atoms with Gasteiger partial charge in [-0.3, -0.25) is 48.2 Å². The molecular formula is C60H66F2N7O12PS. The first-order chi connectivity index (χ1) is 39.4. The van der Waals surface area contributed by atoms with Crippen molar-refractivity contribution in [3.63, 3.8) is 0 Å². The number of aromatic nitrogens is 1. The van der Waals surface area contributed by atoms with E-state index in [4.69, 9.17) is 9.05 Å². The predicted molar refractivity (Wildman–Crippen MR) is 305 cm³/mol. The van der Waals surface area contributed by atoms with E-state index in [1.165, 1.54) is 39.0 Å². The Kier molecular flexibility index (Phi) is 18.1. The highest BCUT2D eigenvalue weighted by atomic mass is 32.2. The summed E-state index contributed by atoms with van der Waals surface area (Å²) in [7, 11) is -3.96. The van der Waals surface area contributed by atoms with Gasteiger partial charge in [-0.1, -0.05) is 98.3 Å². The van der Waals surface area contributed by atoms with E-state index in [0.717, 1.165) is 54.3 Å². The average Bonchev–Trinajstić information content (AvgIpc) is 4.27. The molecular weight excluding hydrogens is 1110 g/mol. The summed E-state index contributed by atoms with van der Waals surface area (Å²) in [6.45, 7) is 6.77. The van der Waals surface area contributed by atoms with E-state index in [1.54, 1.807) is 57.0 Å². The third-order valence-electron chi connectivity index (χ3n) is 15.6. The zero-order valence-electron chi connectivity index (χ0n) is 46.8. The first-order valence-electron chi connectivity index (χ1n) is 27.8. The lowest BCUT2D eigenvalue weighted by Gasteiger charge is -2.39. The number of carbonyl (C=O) groups excluding carboxylic acids is 8. The van der Waals surface area contributed by atoms with Gasteiger partial charge in [-0.15, -0.1) is 0 Å². The van der Waals surface area contributed by atoms with Crippen molar-refractivity contribution in [1.82, 2.24) is 35.4 Å². The summed E-state index contributed by atoms with van der Waals surface area (Å²) in [5.74, 6) is 3.02. The van der Waals surface area contributed by atoms with Crippen molar-refractivity contribution in [1.29, 1.82) is 0 Å². The number of imide groups is 1. The van der Waals surface area contributed by atoms with E-state index in [0.29, 0.717) is 66.1 Å². The van der Waals surface area contributed by atoms with Crippen molar-refractivity contribution in [2.45, 2.75) is 128 Å². The Morgan fingerprint density at radius 2 is 1.72 bits per heavy atom. The third kappa shape index (κ3) is 13.1. The summed E-state index contributed by atoms with van der Waals surface area (Å²) in [5.41, 5.74) is -2.78. The number of amides is 7. The lowest BCUT2D eigenvalue weighted by Crippen LogP contribution is -2.61. The van der Waals surface area contributed by atoms with E-state index >= 15 is 13.6 Å². The molecule has 4 aliphatic rings. The average molecular weight is 1180 g/mol. The first-order valence-corrected chi connectivity index (χ1v) is 30.4. The highest BCUT2D eigenvalue weighted by Crippen LogP contribution is 2.63. The molecule has 438 valence electrons. The number of likely N-dealkylation sites (N-methyl/N-ethyl adjacent to an activating group) is 1. The summed E-state index contributed by atoms with van der Waals surface area (Å²) in [5, 5.41) is 9.95. The Balaban J connectivity index is 0.848. The van der Waals surface area contributed by atoms with Gasteiger partial charge in [-0.05, 0) is 104 Å². The number of aryl methyl sites for hydroxylation is 1. The Labute approximate surface area is 483 Å². The molecule has 3 N–H and O–H groups in total. The molecule has 4 aromatic carbocycles. The number of nitrogens with one attached hydrogen (secondary N) is 2. The van der Waals surface area contributed by atoms with E-state index in [-0.39, 0.29) is 77.7 Å². The van der Waals surface area contributed by atoms with Crippen LogP contribution >= 0.6 is 19.4 Å². The van der Waals surface area contributed by atoms with Crippen molar-refractivity contribution in [2.24, 2.45) is 5.41 Å². The number of thioether (sulfide) groups is 1. The van der Waals surface area contributed by atoms with Crippen LogP contribution in [0.2, 0.25) is 0 Å². The van der Waals surface area contributed by atoms with Crippen molar-refractivity contribution < 1.29 is 65.6 Å². The van der Waals surface area contributed by atoms with Crippen LogP contribution in [-0.4, -0.2) is 139 Å². The van der Waals surface area contributed by atoms with Gasteiger partial charge in [0.2, 0.25) is 23.6 Å². The molecule has 5 atom stereocenters. The van der Waals surface area contributed by atoms with Crippen LogP contribution in [0, 0.1) is 24.2 Å². The molecule has 23 heteroatoms. The van der Waals surface area contributed by atoms with Gasteiger partial charge in [-0.2, -0.15) is 8.78 Å². The Bertz CT molecular complexity index is 3540. The van der Waals surface area contributed by atoms with Gasteiger partial charge in [0.05, 0.1) is 18.5 Å². The highest BCUT2D eigenvalue weighted by Gasteiger charge is 2.53. The summed E-state index contributed by atoms with van der Waals surface area (Å²) < 4.78 is 55.0. The van der Waals surface area contributed by atoms with Crippen molar-refractivity contribution in [3.8, 4) is 11.8 Å². The van der Waals surface area contributed by atoms with E-state index in [9.17, 15) is 43.0 Å². The standard InChI is InChI=1S/C60H66F2N7O12PS/c1-36-16-24-49-44(31-36)51(65-81-49)57(76)67-28-26-42-21-22-48(56(75)66(5)27-11-9-7-6-8-10-13-38-14-12-15-43-45(38)34-68(54(43)73)47-23-25-50(70)64-53(47)72)69(42)55(74)46(35-67)63-52(71)39-18-17-37-19-20-41(33-40(37)32-39)60(61,62)82(78,79)80-29-30-83-58(77)59(2,3)4/h12,14-20,24,31-33,42,46-48H,6-9,11,21-23,25-30,34-35H2,1-5H3,(H,63,71)(H,78,79)(H,64,70,72)/t42-,46+,47?,48+/m1/s1. The molecule has 0 saturated carbocycles. The zero-order valence-corrected chi connectivity index (χ0v) is 48.5. The zero-order chi connectivity index (χ0) is 59.5. The molecule has 2 unspecified atom stereocenters. The minimum Gasteiger partial charge on any atom is -0.355 e. The van der Waals surface area contributed by atoms with Gasteiger partial charge in [-0.25, -0.2) is 0 Å². The van der Waals surface area contributed by atoms with E-state index in [2.05, 4.69) is 27.6 Å². The molecule has 7 amide bonds. The molecule has 5 aromatic rings. The van der Waals surface area contributed by atoms with Crippen molar-refractivity contribution in [2.75, 3.05) is 39.0 Å². The van der Waals surface area contributed by atoms with Crippen LogP contribution in [0.15, 0.2) is 77.3 Å². The fourth-order valence-corrected chi connectivity index (χ4v) is 12.9. The van der Waals surface area contributed by atoms with Crippen molar-refractivity contribution >= 4 is 87.6 Å². The third-order valence-corrected chi connectivity index (χ3v) is 18.4. The van der Waals surface area contributed by atoms with Gasteiger partial charge in [0, 0.05) is 79.0 Å². The maximum atomic E-state index is 15.8. The van der Waals surface area contributed by atoms with Crippen LogP contribution in [0.5, 0.6) is 0 Å². The minimum absolute atomic E-state index is 0.0255. The summed E-state index contributed by atoms with van der Waals surface area (Å²) in [6.07, 6.45) is 5.23. The Hall–Kier alpha value is -7.31. The monoisotopic (exact) mass is 1180 g/mol. The molecule has 1 aromatic heterocycles.